The molecule has 0 aliphatic heterocycles. The first-order chi connectivity index (χ1) is 9.90. The number of nitrogens with one attached hydrogen (secondary N) is 1. The lowest BCUT2D eigenvalue weighted by atomic mass is 10.0. The quantitative estimate of drug-likeness (QED) is 0.901. The highest BCUT2D eigenvalue weighted by Gasteiger charge is 2.23. The second kappa shape index (κ2) is 6.07. The number of aryl methyl sites for hydroxylation is 3. The SMILES string of the molecule is Cc1noc(C)c1CC(=O)N[C@H](c1ncnn1C)C(C)C. The van der Waals surface area contributed by atoms with Gasteiger partial charge in [0.05, 0.1) is 18.2 Å². The fourth-order valence-electron chi connectivity index (χ4n) is 2.26. The molecule has 2 rings (SSSR count). The molecule has 0 saturated carbocycles. The van der Waals surface area contributed by atoms with Gasteiger partial charge in [-0.2, -0.15) is 5.10 Å². The lowest BCUT2D eigenvalue weighted by Gasteiger charge is -2.21. The van der Waals surface area contributed by atoms with Gasteiger partial charge in [0.1, 0.15) is 17.9 Å². The van der Waals surface area contributed by atoms with E-state index in [9.17, 15) is 4.79 Å². The summed E-state index contributed by atoms with van der Waals surface area (Å²) in [5, 5.41) is 10.9. The third kappa shape index (κ3) is 3.29. The molecule has 7 nitrogen and oxygen atoms in total. The van der Waals surface area contributed by atoms with E-state index < -0.39 is 0 Å². The van der Waals surface area contributed by atoms with E-state index in [4.69, 9.17) is 4.52 Å². The average Bonchev–Trinajstić information content (AvgIpc) is 2.96. The molecule has 1 amide bonds. The van der Waals surface area contributed by atoms with E-state index in [1.807, 2.05) is 34.7 Å². The van der Waals surface area contributed by atoms with Crippen molar-refractivity contribution in [2.75, 3.05) is 0 Å². The number of hydrogen-bond acceptors (Lipinski definition) is 5. The Bertz CT molecular complexity index is 610. The number of hydrogen-bond donors (Lipinski definition) is 1. The minimum atomic E-state index is -0.175. The van der Waals surface area contributed by atoms with Crippen LogP contribution in [0.3, 0.4) is 0 Å². The molecule has 0 spiro atoms. The van der Waals surface area contributed by atoms with Crippen LogP contribution in [-0.4, -0.2) is 25.8 Å². The lowest BCUT2D eigenvalue weighted by Crippen LogP contribution is -2.34. The largest absolute Gasteiger partial charge is 0.361 e. The topological polar surface area (TPSA) is 85.8 Å². The monoisotopic (exact) mass is 291 g/mol. The van der Waals surface area contributed by atoms with E-state index in [0.717, 1.165) is 17.1 Å². The maximum absolute atomic E-state index is 12.3. The minimum absolute atomic E-state index is 0.0777. The van der Waals surface area contributed by atoms with Crippen LogP contribution in [0.1, 0.15) is 42.7 Å². The van der Waals surface area contributed by atoms with E-state index in [1.54, 1.807) is 4.68 Å². The first-order valence-electron chi connectivity index (χ1n) is 6.95. The molecule has 2 aromatic heterocycles. The van der Waals surface area contributed by atoms with Crippen LogP contribution in [0.15, 0.2) is 10.9 Å². The Morgan fingerprint density at radius 1 is 1.43 bits per heavy atom. The van der Waals surface area contributed by atoms with Gasteiger partial charge in [0, 0.05) is 12.6 Å². The third-order valence-corrected chi connectivity index (χ3v) is 3.53. The summed E-state index contributed by atoms with van der Waals surface area (Å²) in [4.78, 5) is 16.5. The summed E-state index contributed by atoms with van der Waals surface area (Å²) in [6.07, 6.45) is 1.74. The number of carbonyl (C=O) groups excluding carboxylic acids is 1. The van der Waals surface area contributed by atoms with Crippen LogP contribution in [-0.2, 0) is 18.3 Å². The van der Waals surface area contributed by atoms with Crippen LogP contribution in [0.2, 0.25) is 0 Å². The Morgan fingerprint density at radius 3 is 2.62 bits per heavy atom. The molecule has 7 heteroatoms. The lowest BCUT2D eigenvalue weighted by molar-refractivity contribution is -0.121. The van der Waals surface area contributed by atoms with Gasteiger partial charge >= 0.3 is 0 Å². The molecule has 2 heterocycles. The van der Waals surface area contributed by atoms with E-state index in [1.165, 1.54) is 6.33 Å². The minimum Gasteiger partial charge on any atom is -0.361 e. The number of aromatic nitrogens is 4. The molecule has 21 heavy (non-hydrogen) atoms. The van der Waals surface area contributed by atoms with Crippen molar-refractivity contribution in [1.29, 1.82) is 0 Å². The molecule has 0 aliphatic carbocycles. The highest BCUT2D eigenvalue weighted by molar-refractivity contribution is 5.79. The number of amides is 1. The van der Waals surface area contributed by atoms with Crippen LogP contribution < -0.4 is 5.32 Å². The van der Waals surface area contributed by atoms with Gasteiger partial charge in [0.25, 0.3) is 0 Å². The van der Waals surface area contributed by atoms with Gasteiger partial charge < -0.3 is 9.84 Å². The van der Waals surface area contributed by atoms with E-state index >= 15 is 0 Å². The zero-order valence-electron chi connectivity index (χ0n) is 13.0. The standard InChI is InChI=1S/C14H21N5O2/c1-8(2)13(14-15-7-16-19(14)5)17-12(20)6-11-9(3)18-21-10(11)4/h7-8,13H,6H2,1-5H3,(H,17,20)/t13-/m0/s1. The van der Waals surface area contributed by atoms with Crippen molar-refractivity contribution < 1.29 is 9.32 Å². The second-order valence-corrected chi connectivity index (χ2v) is 5.51. The number of rotatable bonds is 5. The van der Waals surface area contributed by atoms with Crippen molar-refractivity contribution in [3.8, 4) is 0 Å². The van der Waals surface area contributed by atoms with Crippen LogP contribution in [0, 0.1) is 19.8 Å². The fourth-order valence-corrected chi connectivity index (χ4v) is 2.26. The summed E-state index contributed by atoms with van der Waals surface area (Å²) < 4.78 is 6.76. The molecular formula is C14H21N5O2. The van der Waals surface area contributed by atoms with Gasteiger partial charge in [-0.15, -0.1) is 0 Å². The van der Waals surface area contributed by atoms with E-state index in [0.29, 0.717) is 5.76 Å². The summed E-state index contributed by atoms with van der Waals surface area (Å²) in [6.45, 7) is 7.72. The molecule has 0 aliphatic rings. The van der Waals surface area contributed by atoms with Crippen molar-refractivity contribution in [1.82, 2.24) is 25.2 Å². The Balaban J connectivity index is 2.11. The van der Waals surface area contributed by atoms with Gasteiger partial charge in [-0.05, 0) is 19.8 Å². The molecular weight excluding hydrogens is 270 g/mol. The normalized spacial score (nSPS) is 12.7. The Labute approximate surface area is 123 Å². The van der Waals surface area contributed by atoms with Crippen molar-refractivity contribution >= 4 is 5.91 Å². The van der Waals surface area contributed by atoms with Gasteiger partial charge in [0.2, 0.25) is 5.91 Å². The first-order valence-corrected chi connectivity index (χ1v) is 6.95. The summed E-state index contributed by atoms with van der Waals surface area (Å²) in [5.74, 6) is 1.56. The Hall–Kier alpha value is -2.18. The molecule has 0 aromatic carbocycles. The van der Waals surface area contributed by atoms with Crippen molar-refractivity contribution in [3.05, 3.63) is 29.2 Å². The molecule has 1 N–H and O–H groups in total. The average molecular weight is 291 g/mol. The smallest absolute Gasteiger partial charge is 0.225 e. The maximum Gasteiger partial charge on any atom is 0.225 e. The summed E-state index contributed by atoms with van der Waals surface area (Å²) in [6, 6.07) is -0.175. The molecule has 0 fully saturated rings. The molecule has 1 atom stereocenters. The fraction of sp³-hybridized carbons (Fsp3) is 0.571. The Kier molecular flexibility index (Phi) is 4.40. The summed E-state index contributed by atoms with van der Waals surface area (Å²) in [5.41, 5.74) is 1.59. The van der Waals surface area contributed by atoms with Gasteiger partial charge in [0.15, 0.2) is 0 Å². The van der Waals surface area contributed by atoms with Gasteiger partial charge in [-0.25, -0.2) is 4.98 Å². The van der Waals surface area contributed by atoms with Crippen molar-refractivity contribution in [2.45, 2.75) is 40.2 Å². The maximum atomic E-state index is 12.3. The highest BCUT2D eigenvalue weighted by Crippen LogP contribution is 2.20. The van der Waals surface area contributed by atoms with Gasteiger partial charge in [-0.1, -0.05) is 19.0 Å². The molecule has 114 valence electrons. The zero-order chi connectivity index (χ0) is 15.6. The molecule has 2 aromatic rings. The van der Waals surface area contributed by atoms with Crippen LogP contribution >= 0.6 is 0 Å². The van der Waals surface area contributed by atoms with Crippen LogP contribution in [0.25, 0.3) is 0 Å². The summed E-state index contributed by atoms with van der Waals surface area (Å²) in [7, 11) is 1.82. The predicted molar refractivity (Wildman–Crippen MR) is 76.4 cm³/mol. The molecule has 0 bridgehead atoms. The third-order valence-electron chi connectivity index (χ3n) is 3.53. The highest BCUT2D eigenvalue weighted by atomic mass is 16.5. The summed E-state index contributed by atoms with van der Waals surface area (Å²) >= 11 is 0. The van der Waals surface area contributed by atoms with Crippen LogP contribution in [0.4, 0.5) is 0 Å². The molecule has 0 unspecified atom stereocenters. The van der Waals surface area contributed by atoms with Gasteiger partial charge in [-0.3, -0.25) is 9.48 Å². The van der Waals surface area contributed by atoms with Crippen LogP contribution in [0.5, 0.6) is 0 Å². The molecule has 0 radical (unpaired) electrons. The zero-order valence-corrected chi connectivity index (χ0v) is 13.0. The predicted octanol–water partition coefficient (Wildman–Crippen LogP) is 1.48. The Morgan fingerprint density at radius 2 is 2.14 bits per heavy atom. The second-order valence-electron chi connectivity index (χ2n) is 5.51. The number of nitrogens with zero attached hydrogens (tertiary/aromatic N) is 4. The molecule has 0 saturated heterocycles. The van der Waals surface area contributed by atoms with Crippen molar-refractivity contribution in [2.24, 2.45) is 13.0 Å². The van der Waals surface area contributed by atoms with E-state index in [2.05, 4.69) is 20.6 Å². The van der Waals surface area contributed by atoms with Crippen molar-refractivity contribution in [3.63, 3.8) is 0 Å². The first kappa shape index (κ1) is 15.2. The number of carbonyl (C=O) groups is 1. The van der Waals surface area contributed by atoms with E-state index in [-0.39, 0.29) is 24.3 Å².